The normalized spacial score (nSPS) is 14.9. The Morgan fingerprint density at radius 3 is 2.23 bits per heavy atom. The van der Waals surface area contributed by atoms with Gasteiger partial charge >= 0.3 is 0 Å². The van der Waals surface area contributed by atoms with E-state index >= 15 is 0 Å². The molecule has 1 aromatic carbocycles. The molecule has 4 rings (SSSR count). The first kappa shape index (κ1) is 25.5. The molecule has 0 unspecified atom stereocenters. The lowest BCUT2D eigenvalue weighted by Gasteiger charge is -2.36. The van der Waals surface area contributed by atoms with Crippen LogP contribution in [0.3, 0.4) is 0 Å². The molecule has 188 valence electrons. The maximum absolute atomic E-state index is 13.4. The van der Waals surface area contributed by atoms with Crippen molar-refractivity contribution in [1.29, 1.82) is 0 Å². The van der Waals surface area contributed by atoms with Crippen molar-refractivity contribution in [2.45, 2.75) is 54.4 Å². The van der Waals surface area contributed by atoms with Crippen LogP contribution in [0.1, 0.15) is 51.9 Å². The Morgan fingerprint density at radius 2 is 1.66 bits per heavy atom. The van der Waals surface area contributed by atoms with Crippen LogP contribution in [0.2, 0.25) is 5.02 Å². The van der Waals surface area contributed by atoms with Gasteiger partial charge in [0.15, 0.2) is 5.65 Å². The molecule has 0 spiro atoms. The summed E-state index contributed by atoms with van der Waals surface area (Å²) in [6, 6.07) is 9.96. The Bertz CT molecular complexity index is 1170. The molecule has 35 heavy (non-hydrogen) atoms. The van der Waals surface area contributed by atoms with E-state index in [9.17, 15) is 4.79 Å². The van der Waals surface area contributed by atoms with Crippen LogP contribution in [0, 0.1) is 31.6 Å². The molecule has 0 N–H and O–H groups in total. The molecule has 1 aliphatic heterocycles. The number of anilines is 1. The van der Waals surface area contributed by atoms with Gasteiger partial charge in [-0.3, -0.25) is 4.79 Å². The van der Waals surface area contributed by atoms with Crippen molar-refractivity contribution in [1.82, 2.24) is 19.5 Å². The summed E-state index contributed by atoms with van der Waals surface area (Å²) in [5.74, 6) is 2.41. The quantitative estimate of drug-likeness (QED) is 0.402. The van der Waals surface area contributed by atoms with Crippen molar-refractivity contribution in [2.75, 3.05) is 31.1 Å². The molecule has 7 heteroatoms. The van der Waals surface area contributed by atoms with Gasteiger partial charge in [-0.2, -0.15) is 9.61 Å². The summed E-state index contributed by atoms with van der Waals surface area (Å²) < 4.78 is 1.97. The Morgan fingerprint density at radius 1 is 1.06 bits per heavy atom. The third-order valence-electron chi connectivity index (χ3n) is 6.66. The maximum Gasteiger partial charge on any atom is 0.225 e. The molecule has 0 aliphatic carbocycles. The second kappa shape index (κ2) is 10.6. The average molecular weight is 496 g/mol. The number of aromatic nitrogens is 3. The van der Waals surface area contributed by atoms with Crippen molar-refractivity contribution in [3.8, 4) is 11.1 Å². The molecule has 0 radical (unpaired) electrons. The van der Waals surface area contributed by atoms with Crippen LogP contribution in [0.15, 0.2) is 30.3 Å². The predicted octanol–water partition coefficient (Wildman–Crippen LogP) is 6.02. The number of hydrogen-bond acceptors (Lipinski definition) is 4. The zero-order valence-corrected chi connectivity index (χ0v) is 22.6. The van der Waals surface area contributed by atoms with Crippen molar-refractivity contribution >= 4 is 29.0 Å². The number of fused-ring (bicyclic) bond motifs is 1. The number of aryl methyl sites for hydroxylation is 2. The topological polar surface area (TPSA) is 53.7 Å². The zero-order chi connectivity index (χ0) is 25.3. The fourth-order valence-corrected chi connectivity index (χ4v) is 5.28. The summed E-state index contributed by atoms with van der Waals surface area (Å²) in [5, 5.41) is 5.59. The van der Waals surface area contributed by atoms with Gasteiger partial charge in [0.2, 0.25) is 5.91 Å². The minimum Gasteiger partial charge on any atom is -0.356 e. The molecular weight excluding hydrogens is 458 g/mol. The molecule has 3 aromatic rings. The van der Waals surface area contributed by atoms with E-state index in [2.05, 4.69) is 43.6 Å². The standard InChI is InChI=1S/C28H38ClN5O/c1-18(2)16-33(17-19(3)4)28(35)23-11-13-32(14-12-23)25-15-20(5)30-27-26(21(6)31-34(25)27)22-7-9-24(29)10-8-22/h7-10,15,18-19,23H,11-14,16-17H2,1-6H3. The number of hydrogen-bond donors (Lipinski definition) is 0. The van der Waals surface area contributed by atoms with Gasteiger partial charge in [0, 0.05) is 54.4 Å². The van der Waals surface area contributed by atoms with E-state index in [4.69, 9.17) is 21.7 Å². The Balaban J connectivity index is 1.57. The molecule has 0 saturated carbocycles. The van der Waals surface area contributed by atoms with Gasteiger partial charge in [0.05, 0.1) is 5.69 Å². The van der Waals surface area contributed by atoms with E-state index in [0.717, 1.165) is 73.0 Å². The first-order chi connectivity index (χ1) is 16.6. The van der Waals surface area contributed by atoms with E-state index in [0.29, 0.717) is 22.8 Å². The number of carbonyl (C=O) groups is 1. The molecule has 0 atom stereocenters. The first-order valence-electron chi connectivity index (χ1n) is 12.8. The molecule has 1 aliphatic rings. The zero-order valence-electron chi connectivity index (χ0n) is 21.9. The van der Waals surface area contributed by atoms with Crippen LogP contribution in [0.25, 0.3) is 16.8 Å². The van der Waals surface area contributed by atoms with Gasteiger partial charge in [0.25, 0.3) is 0 Å². The van der Waals surface area contributed by atoms with Gasteiger partial charge in [0.1, 0.15) is 5.82 Å². The second-order valence-corrected chi connectivity index (χ2v) is 11.2. The van der Waals surface area contributed by atoms with Crippen LogP contribution in [0.5, 0.6) is 0 Å². The lowest BCUT2D eigenvalue weighted by atomic mass is 9.94. The van der Waals surface area contributed by atoms with E-state index in [1.54, 1.807) is 0 Å². The molecule has 1 amide bonds. The lowest BCUT2D eigenvalue weighted by Crippen LogP contribution is -2.45. The summed E-state index contributed by atoms with van der Waals surface area (Å²) in [4.78, 5) is 22.7. The van der Waals surface area contributed by atoms with E-state index in [1.807, 2.05) is 42.6 Å². The largest absolute Gasteiger partial charge is 0.356 e. The first-order valence-corrected chi connectivity index (χ1v) is 13.2. The van der Waals surface area contributed by atoms with Crippen molar-refractivity contribution < 1.29 is 4.79 Å². The summed E-state index contributed by atoms with van der Waals surface area (Å²) in [6.07, 6.45) is 1.72. The Kier molecular flexibility index (Phi) is 7.70. The minimum atomic E-state index is 0.0890. The second-order valence-electron chi connectivity index (χ2n) is 10.8. The predicted molar refractivity (Wildman–Crippen MR) is 144 cm³/mol. The molecule has 0 bridgehead atoms. The van der Waals surface area contributed by atoms with Gasteiger partial charge in [-0.1, -0.05) is 51.4 Å². The number of rotatable bonds is 7. The number of amides is 1. The van der Waals surface area contributed by atoms with E-state index < -0.39 is 0 Å². The highest BCUT2D eigenvalue weighted by atomic mass is 35.5. The van der Waals surface area contributed by atoms with Crippen LogP contribution in [-0.2, 0) is 4.79 Å². The average Bonchev–Trinajstić information content (AvgIpc) is 3.13. The Hall–Kier alpha value is -2.60. The van der Waals surface area contributed by atoms with E-state index in [1.165, 1.54) is 0 Å². The van der Waals surface area contributed by atoms with Crippen LogP contribution in [0.4, 0.5) is 5.82 Å². The van der Waals surface area contributed by atoms with Crippen molar-refractivity contribution in [3.05, 3.63) is 46.7 Å². The smallest absolute Gasteiger partial charge is 0.225 e. The van der Waals surface area contributed by atoms with Crippen LogP contribution < -0.4 is 4.90 Å². The lowest BCUT2D eigenvalue weighted by molar-refractivity contribution is -0.137. The summed E-state index contributed by atoms with van der Waals surface area (Å²) in [5.41, 5.74) is 4.86. The summed E-state index contributed by atoms with van der Waals surface area (Å²) >= 11 is 6.12. The number of benzene rings is 1. The van der Waals surface area contributed by atoms with Crippen molar-refractivity contribution in [2.24, 2.45) is 17.8 Å². The number of halogens is 1. The third kappa shape index (κ3) is 5.64. The molecule has 1 fully saturated rings. The monoisotopic (exact) mass is 495 g/mol. The molecular formula is C28H38ClN5O. The highest BCUT2D eigenvalue weighted by molar-refractivity contribution is 6.30. The molecule has 2 aromatic heterocycles. The molecule has 1 saturated heterocycles. The third-order valence-corrected chi connectivity index (χ3v) is 6.91. The van der Waals surface area contributed by atoms with Gasteiger partial charge in [-0.05, 0) is 56.2 Å². The van der Waals surface area contributed by atoms with Crippen LogP contribution >= 0.6 is 11.6 Å². The van der Waals surface area contributed by atoms with Gasteiger partial charge in [-0.15, -0.1) is 0 Å². The fourth-order valence-electron chi connectivity index (χ4n) is 5.15. The van der Waals surface area contributed by atoms with E-state index in [-0.39, 0.29) is 5.92 Å². The minimum absolute atomic E-state index is 0.0890. The van der Waals surface area contributed by atoms with Gasteiger partial charge < -0.3 is 9.80 Å². The highest BCUT2D eigenvalue weighted by Gasteiger charge is 2.30. The Labute approximate surface area is 214 Å². The fraction of sp³-hybridized carbons (Fsp3) is 0.536. The van der Waals surface area contributed by atoms with Crippen molar-refractivity contribution in [3.63, 3.8) is 0 Å². The maximum atomic E-state index is 13.4. The van der Waals surface area contributed by atoms with Gasteiger partial charge in [-0.25, -0.2) is 4.98 Å². The number of piperidine rings is 1. The molecule has 3 heterocycles. The van der Waals surface area contributed by atoms with Crippen LogP contribution in [-0.4, -0.2) is 51.6 Å². The molecule has 6 nitrogen and oxygen atoms in total. The SMILES string of the molecule is Cc1cc(N2CCC(C(=O)N(CC(C)C)CC(C)C)CC2)n2nc(C)c(-c3ccc(Cl)cc3)c2n1. The highest BCUT2D eigenvalue weighted by Crippen LogP contribution is 2.32. The summed E-state index contributed by atoms with van der Waals surface area (Å²) in [7, 11) is 0. The summed E-state index contributed by atoms with van der Waals surface area (Å²) in [6.45, 7) is 16.1. The number of carbonyl (C=O) groups excluding carboxylic acids is 1. The number of nitrogens with zero attached hydrogens (tertiary/aromatic N) is 5.